The maximum absolute atomic E-state index is 13.4. The van der Waals surface area contributed by atoms with Gasteiger partial charge in [-0.25, -0.2) is 0 Å². The molecule has 0 aromatic carbocycles. The van der Waals surface area contributed by atoms with E-state index in [-0.39, 0.29) is 12.5 Å². The number of hydrogen-bond acceptors (Lipinski definition) is 13. The fraction of sp³-hybridized carbons (Fsp3) is 0.958. The minimum absolute atomic E-state index is 0.198. The third-order valence-electron chi connectivity index (χ3n) is 18.5. The highest BCUT2D eigenvalue weighted by atomic mass is 16.7. The van der Waals surface area contributed by atoms with Crippen molar-refractivity contribution >= 4 is 5.91 Å². The quantitative estimate of drug-likeness (QED) is 0.0204. The number of carbonyl (C=O) groups is 1. The number of unbranched alkanes of at least 4 members (excludes halogenated alkanes) is 47. The first-order valence-electron chi connectivity index (χ1n) is 36.9. The summed E-state index contributed by atoms with van der Waals surface area (Å²) in [5.41, 5.74) is 0. The van der Waals surface area contributed by atoms with Crippen LogP contribution in [0.15, 0.2) is 12.2 Å². The maximum Gasteiger partial charge on any atom is 0.220 e. The highest BCUT2D eigenvalue weighted by Crippen LogP contribution is 2.30. The maximum atomic E-state index is 13.4. The van der Waals surface area contributed by atoms with Gasteiger partial charge in [0.2, 0.25) is 5.91 Å². The molecule has 12 atom stereocenters. The Morgan fingerprint density at radius 3 is 1.10 bits per heavy atom. The SMILES string of the molecule is CCCCCCCCCC/C=C\CCCCCCCCCCCCCCCCCCCCCC(=O)NC(COC1OC(CO)C(OC2OC(CO)C(O)C(O)C2O)C(O)C1O)C(O)CCCCCCCCCCCCCCCCCCCCCCC. The van der Waals surface area contributed by atoms with Gasteiger partial charge in [0.15, 0.2) is 12.6 Å². The smallest absolute Gasteiger partial charge is 0.220 e. The molecular formula is C72H139NO13. The van der Waals surface area contributed by atoms with E-state index in [1.165, 1.54) is 270 Å². The first kappa shape index (κ1) is 80.8. The lowest BCUT2D eigenvalue weighted by molar-refractivity contribution is -0.359. The lowest BCUT2D eigenvalue weighted by atomic mass is 9.97. The second kappa shape index (κ2) is 57.6. The Balaban J connectivity index is 1.63. The van der Waals surface area contributed by atoms with Crippen LogP contribution >= 0.6 is 0 Å². The number of rotatable bonds is 62. The van der Waals surface area contributed by atoms with E-state index in [1.54, 1.807) is 0 Å². The summed E-state index contributed by atoms with van der Waals surface area (Å²) in [6.07, 6.45) is 53.8. The molecule has 0 radical (unpaired) electrons. The lowest BCUT2D eigenvalue weighted by Gasteiger charge is -2.46. The largest absolute Gasteiger partial charge is 0.394 e. The molecule has 2 aliphatic heterocycles. The third-order valence-corrected chi connectivity index (χ3v) is 18.5. The second-order valence-electron chi connectivity index (χ2n) is 26.4. The molecule has 1 amide bonds. The molecule has 2 saturated heterocycles. The Morgan fingerprint density at radius 1 is 0.407 bits per heavy atom. The molecule has 14 nitrogen and oxygen atoms in total. The molecule has 9 N–H and O–H groups in total. The molecular weight excluding hydrogens is 1090 g/mol. The summed E-state index contributed by atoms with van der Waals surface area (Å²) in [5, 5.41) is 87.7. The average Bonchev–Trinajstić information content (AvgIpc) is 2.54. The van der Waals surface area contributed by atoms with Gasteiger partial charge in [-0.15, -0.1) is 0 Å². The zero-order valence-corrected chi connectivity index (χ0v) is 55.6. The van der Waals surface area contributed by atoms with E-state index in [9.17, 15) is 45.6 Å². The Bertz CT molecular complexity index is 1490. The summed E-state index contributed by atoms with van der Waals surface area (Å²) in [7, 11) is 0. The predicted octanol–water partition coefficient (Wildman–Crippen LogP) is 15.4. The molecule has 0 aromatic rings. The van der Waals surface area contributed by atoms with E-state index in [2.05, 4.69) is 31.3 Å². The fourth-order valence-electron chi connectivity index (χ4n) is 12.6. The number of ether oxygens (including phenoxy) is 4. The van der Waals surface area contributed by atoms with Crippen molar-refractivity contribution in [3.8, 4) is 0 Å². The van der Waals surface area contributed by atoms with Crippen molar-refractivity contribution in [2.24, 2.45) is 0 Å². The minimum Gasteiger partial charge on any atom is -0.394 e. The van der Waals surface area contributed by atoms with E-state index in [0.717, 1.165) is 51.4 Å². The number of nitrogens with one attached hydrogen (secondary N) is 1. The van der Waals surface area contributed by atoms with Crippen molar-refractivity contribution in [1.29, 1.82) is 0 Å². The summed E-state index contributed by atoms with van der Waals surface area (Å²) in [6.45, 7) is 2.92. The number of hydrogen-bond donors (Lipinski definition) is 9. The monoisotopic (exact) mass is 1230 g/mol. The summed E-state index contributed by atoms with van der Waals surface area (Å²) in [4.78, 5) is 13.4. The molecule has 2 rings (SSSR count). The summed E-state index contributed by atoms with van der Waals surface area (Å²) in [6, 6.07) is -0.826. The van der Waals surface area contributed by atoms with Gasteiger partial charge in [-0.3, -0.25) is 4.79 Å². The molecule has 2 fully saturated rings. The topological polar surface area (TPSA) is 228 Å². The zero-order chi connectivity index (χ0) is 62.3. The van der Waals surface area contributed by atoms with Gasteiger partial charge in [-0.2, -0.15) is 0 Å². The van der Waals surface area contributed by atoms with Gasteiger partial charge in [-0.05, 0) is 38.5 Å². The van der Waals surface area contributed by atoms with Crippen molar-refractivity contribution < 1.29 is 64.6 Å². The summed E-state index contributed by atoms with van der Waals surface area (Å²) >= 11 is 0. The van der Waals surface area contributed by atoms with Crippen LogP contribution in [0, 0.1) is 0 Å². The first-order valence-corrected chi connectivity index (χ1v) is 36.9. The van der Waals surface area contributed by atoms with Gasteiger partial charge in [0.1, 0.15) is 48.8 Å². The van der Waals surface area contributed by atoms with Gasteiger partial charge in [-0.1, -0.05) is 315 Å². The van der Waals surface area contributed by atoms with Gasteiger partial charge in [0.25, 0.3) is 0 Å². The molecule has 86 heavy (non-hydrogen) atoms. The van der Waals surface area contributed by atoms with Crippen molar-refractivity contribution in [2.45, 2.75) is 421 Å². The first-order chi connectivity index (χ1) is 42.1. The number of allylic oxidation sites excluding steroid dienone is 2. The van der Waals surface area contributed by atoms with Crippen LogP contribution in [0.4, 0.5) is 0 Å². The van der Waals surface area contributed by atoms with Crippen LogP contribution in [0.3, 0.4) is 0 Å². The van der Waals surface area contributed by atoms with Gasteiger partial charge < -0.3 is 65.1 Å². The Kier molecular flexibility index (Phi) is 54.1. The van der Waals surface area contributed by atoms with Crippen molar-refractivity contribution in [2.75, 3.05) is 19.8 Å². The Labute approximate surface area is 526 Å². The van der Waals surface area contributed by atoms with Crippen LogP contribution < -0.4 is 5.32 Å². The lowest BCUT2D eigenvalue weighted by Crippen LogP contribution is -2.65. The number of carbonyl (C=O) groups excluding carboxylic acids is 1. The molecule has 0 saturated carbocycles. The molecule has 14 heteroatoms. The van der Waals surface area contributed by atoms with E-state index < -0.39 is 86.8 Å². The van der Waals surface area contributed by atoms with Crippen molar-refractivity contribution in [1.82, 2.24) is 5.32 Å². The van der Waals surface area contributed by atoms with Crippen LogP contribution in [-0.2, 0) is 23.7 Å². The molecule has 2 aliphatic rings. The van der Waals surface area contributed by atoms with Crippen LogP contribution in [0.2, 0.25) is 0 Å². The number of amides is 1. The summed E-state index contributed by atoms with van der Waals surface area (Å²) in [5.74, 6) is -0.198. The molecule has 510 valence electrons. The van der Waals surface area contributed by atoms with Crippen LogP contribution in [0.5, 0.6) is 0 Å². The third kappa shape index (κ3) is 41.3. The van der Waals surface area contributed by atoms with E-state index in [0.29, 0.717) is 12.8 Å². The highest BCUT2D eigenvalue weighted by molar-refractivity contribution is 5.76. The highest BCUT2D eigenvalue weighted by Gasteiger charge is 2.51. The molecule has 0 aromatic heterocycles. The molecule has 12 unspecified atom stereocenters. The van der Waals surface area contributed by atoms with Crippen LogP contribution in [0.25, 0.3) is 0 Å². The van der Waals surface area contributed by atoms with Crippen molar-refractivity contribution in [3.05, 3.63) is 12.2 Å². The van der Waals surface area contributed by atoms with Crippen LogP contribution in [-0.4, -0.2) is 140 Å². The molecule has 0 spiro atoms. The van der Waals surface area contributed by atoms with Crippen LogP contribution in [0.1, 0.15) is 348 Å². The molecule has 2 heterocycles. The Hall–Kier alpha value is -1.27. The van der Waals surface area contributed by atoms with E-state index >= 15 is 0 Å². The zero-order valence-electron chi connectivity index (χ0n) is 55.6. The second-order valence-corrected chi connectivity index (χ2v) is 26.4. The minimum atomic E-state index is -1.78. The van der Waals surface area contributed by atoms with Gasteiger partial charge >= 0.3 is 0 Å². The molecule has 0 bridgehead atoms. The predicted molar refractivity (Wildman–Crippen MR) is 351 cm³/mol. The Morgan fingerprint density at radius 2 is 0.733 bits per heavy atom. The number of aliphatic hydroxyl groups is 8. The number of aliphatic hydroxyl groups excluding tert-OH is 8. The normalized spacial score (nSPS) is 23.4. The fourth-order valence-corrected chi connectivity index (χ4v) is 12.6. The van der Waals surface area contributed by atoms with E-state index in [1.807, 2.05) is 0 Å². The standard InChI is InChI=1S/C72H139NO13/c1-3-5-7-9-11-13-15-17-19-21-23-25-26-27-28-29-30-31-32-33-34-36-38-40-42-44-46-48-50-52-54-56-64(77)73-60(61(76)55-53-51-49-47-45-43-41-39-37-35-24-22-20-18-16-14-12-10-8-6-4-2)59-83-71-69(82)67(80)70(63(58-75)85-71)86-72-68(81)66(79)65(78)62(57-74)84-72/h21,23,60-63,65-72,74-76,78-82H,3-20,22,24-59H2,1-2H3,(H,73,77)/b23-21-. The van der Waals surface area contributed by atoms with Gasteiger partial charge in [0.05, 0.1) is 32.0 Å². The summed E-state index contributed by atoms with van der Waals surface area (Å²) < 4.78 is 22.9. The average molecular weight is 1230 g/mol. The van der Waals surface area contributed by atoms with Crippen molar-refractivity contribution in [3.63, 3.8) is 0 Å². The van der Waals surface area contributed by atoms with Gasteiger partial charge in [0, 0.05) is 6.42 Å². The van der Waals surface area contributed by atoms with E-state index in [4.69, 9.17) is 18.9 Å². The molecule has 0 aliphatic carbocycles.